The van der Waals surface area contributed by atoms with Crippen LogP contribution in [-0.4, -0.2) is 17.4 Å². The van der Waals surface area contributed by atoms with Crippen molar-refractivity contribution in [1.82, 2.24) is 4.98 Å². The lowest BCUT2D eigenvalue weighted by molar-refractivity contribution is -0.116. The van der Waals surface area contributed by atoms with Crippen LogP contribution in [0.2, 0.25) is 0 Å². The molecular formula is C12H18FN3O. The minimum Gasteiger partial charge on any atom is -0.330 e. The number of amides is 1. The lowest BCUT2D eigenvalue weighted by Gasteiger charge is -2.09. The Morgan fingerprint density at radius 2 is 2.29 bits per heavy atom. The van der Waals surface area contributed by atoms with Gasteiger partial charge in [0.05, 0.1) is 11.9 Å². The van der Waals surface area contributed by atoms with Crippen molar-refractivity contribution < 1.29 is 9.18 Å². The minimum absolute atomic E-state index is 0.0812. The fraction of sp³-hybridized carbons (Fsp3) is 0.500. The summed E-state index contributed by atoms with van der Waals surface area (Å²) in [6, 6.07) is 2.70. The quantitative estimate of drug-likeness (QED) is 0.745. The summed E-state index contributed by atoms with van der Waals surface area (Å²) in [6.07, 6.45) is 3.47. The fourth-order valence-corrected chi connectivity index (χ4v) is 1.48. The zero-order chi connectivity index (χ0) is 12.7. The third-order valence-corrected chi connectivity index (χ3v) is 2.53. The van der Waals surface area contributed by atoms with Crippen molar-refractivity contribution in [2.24, 2.45) is 11.7 Å². The van der Waals surface area contributed by atoms with Crippen molar-refractivity contribution in [3.05, 3.63) is 24.3 Å². The van der Waals surface area contributed by atoms with Crippen molar-refractivity contribution >= 4 is 11.6 Å². The Hall–Kier alpha value is -1.49. The number of anilines is 1. The number of carbonyl (C=O) groups is 1. The third-order valence-electron chi connectivity index (χ3n) is 2.53. The molecule has 0 aliphatic carbocycles. The summed E-state index contributed by atoms with van der Waals surface area (Å²) >= 11 is 0. The first-order valence-electron chi connectivity index (χ1n) is 5.73. The highest BCUT2D eigenvalue weighted by Gasteiger charge is 2.06. The molecule has 0 spiro atoms. The average Bonchev–Trinajstić information content (AvgIpc) is 2.30. The van der Waals surface area contributed by atoms with E-state index in [1.165, 1.54) is 18.3 Å². The Kier molecular flexibility index (Phi) is 5.56. The second-order valence-electron chi connectivity index (χ2n) is 4.14. The van der Waals surface area contributed by atoms with Crippen LogP contribution in [-0.2, 0) is 4.79 Å². The summed E-state index contributed by atoms with van der Waals surface area (Å²) in [5, 5.41) is 2.67. The van der Waals surface area contributed by atoms with Gasteiger partial charge >= 0.3 is 0 Å². The molecule has 94 valence electrons. The van der Waals surface area contributed by atoms with E-state index in [4.69, 9.17) is 5.73 Å². The van der Waals surface area contributed by atoms with Gasteiger partial charge in [0.1, 0.15) is 0 Å². The number of hydrogen-bond acceptors (Lipinski definition) is 3. The number of pyridine rings is 1. The van der Waals surface area contributed by atoms with Gasteiger partial charge in [0.2, 0.25) is 11.9 Å². The van der Waals surface area contributed by atoms with Crippen LogP contribution in [0.15, 0.2) is 18.3 Å². The van der Waals surface area contributed by atoms with Gasteiger partial charge in [-0.15, -0.1) is 0 Å². The molecule has 1 amide bonds. The monoisotopic (exact) mass is 239 g/mol. The van der Waals surface area contributed by atoms with E-state index >= 15 is 0 Å². The van der Waals surface area contributed by atoms with Crippen LogP contribution in [0.1, 0.15) is 26.2 Å². The van der Waals surface area contributed by atoms with Crippen molar-refractivity contribution in [3.8, 4) is 0 Å². The number of nitrogens with zero attached hydrogens (tertiary/aromatic N) is 1. The Labute approximate surface area is 100 Å². The van der Waals surface area contributed by atoms with E-state index in [0.29, 0.717) is 24.6 Å². The Morgan fingerprint density at radius 1 is 1.53 bits per heavy atom. The SMILES string of the molecule is CC(CCN)CCC(=O)Nc1ccc(F)nc1. The molecule has 0 bridgehead atoms. The molecule has 1 unspecified atom stereocenters. The lowest BCUT2D eigenvalue weighted by atomic mass is 10.0. The number of carbonyl (C=O) groups excluding carboxylic acids is 1. The minimum atomic E-state index is -0.556. The van der Waals surface area contributed by atoms with Gasteiger partial charge in [-0.05, 0) is 37.4 Å². The molecule has 5 heteroatoms. The highest BCUT2D eigenvalue weighted by Crippen LogP contribution is 2.11. The number of aromatic nitrogens is 1. The van der Waals surface area contributed by atoms with Crippen molar-refractivity contribution in [1.29, 1.82) is 0 Å². The lowest BCUT2D eigenvalue weighted by Crippen LogP contribution is -2.14. The predicted octanol–water partition coefficient (Wildman–Crippen LogP) is 1.92. The van der Waals surface area contributed by atoms with Crippen molar-refractivity contribution in [3.63, 3.8) is 0 Å². The third kappa shape index (κ3) is 5.40. The number of nitrogens with one attached hydrogen (secondary N) is 1. The van der Waals surface area contributed by atoms with Crippen molar-refractivity contribution in [2.75, 3.05) is 11.9 Å². The molecule has 1 aromatic heterocycles. The topological polar surface area (TPSA) is 68.0 Å². The summed E-state index contributed by atoms with van der Waals surface area (Å²) in [5.41, 5.74) is 5.95. The number of halogens is 1. The second-order valence-corrected chi connectivity index (χ2v) is 4.14. The van der Waals surface area contributed by atoms with Crippen LogP contribution in [0.25, 0.3) is 0 Å². The van der Waals surface area contributed by atoms with E-state index in [9.17, 15) is 9.18 Å². The molecule has 0 saturated heterocycles. The van der Waals surface area contributed by atoms with Crippen LogP contribution in [0.5, 0.6) is 0 Å². The van der Waals surface area contributed by atoms with E-state index in [1.807, 2.05) is 0 Å². The molecule has 1 heterocycles. The van der Waals surface area contributed by atoms with E-state index in [1.54, 1.807) is 0 Å². The van der Waals surface area contributed by atoms with Gasteiger partial charge in [-0.3, -0.25) is 4.79 Å². The highest BCUT2D eigenvalue weighted by molar-refractivity contribution is 5.90. The number of rotatable bonds is 6. The average molecular weight is 239 g/mol. The Bertz CT molecular complexity index is 353. The first kappa shape index (κ1) is 13.6. The van der Waals surface area contributed by atoms with Gasteiger partial charge in [0.15, 0.2) is 0 Å². The van der Waals surface area contributed by atoms with Gasteiger partial charge in [0.25, 0.3) is 0 Å². The first-order valence-corrected chi connectivity index (χ1v) is 5.73. The maximum atomic E-state index is 12.5. The standard InChI is InChI=1S/C12H18FN3O/c1-9(6-7-14)2-5-12(17)16-10-3-4-11(13)15-8-10/h3-4,8-9H,2,5-7,14H2,1H3,(H,16,17). The van der Waals surface area contributed by atoms with Gasteiger partial charge < -0.3 is 11.1 Å². The maximum Gasteiger partial charge on any atom is 0.224 e. The fourth-order valence-electron chi connectivity index (χ4n) is 1.48. The van der Waals surface area contributed by atoms with Crippen molar-refractivity contribution in [2.45, 2.75) is 26.2 Å². The molecule has 0 aromatic carbocycles. The molecule has 3 N–H and O–H groups in total. The van der Waals surface area contributed by atoms with Crippen LogP contribution in [0.4, 0.5) is 10.1 Å². The summed E-state index contributed by atoms with van der Waals surface area (Å²) in [6.45, 7) is 2.71. The van der Waals surface area contributed by atoms with Crippen LogP contribution in [0, 0.1) is 11.9 Å². The molecule has 0 fully saturated rings. The molecule has 0 aliphatic rings. The van der Waals surface area contributed by atoms with Crippen LogP contribution >= 0.6 is 0 Å². The summed E-state index contributed by atoms with van der Waals surface area (Å²) < 4.78 is 12.5. The smallest absolute Gasteiger partial charge is 0.224 e. The highest BCUT2D eigenvalue weighted by atomic mass is 19.1. The largest absolute Gasteiger partial charge is 0.330 e. The zero-order valence-electron chi connectivity index (χ0n) is 9.95. The predicted molar refractivity (Wildman–Crippen MR) is 64.9 cm³/mol. The van der Waals surface area contributed by atoms with Gasteiger partial charge in [-0.25, -0.2) is 4.98 Å². The van der Waals surface area contributed by atoms with E-state index in [-0.39, 0.29) is 5.91 Å². The first-order chi connectivity index (χ1) is 8.11. The Morgan fingerprint density at radius 3 is 2.88 bits per heavy atom. The zero-order valence-corrected chi connectivity index (χ0v) is 9.95. The summed E-state index contributed by atoms with van der Waals surface area (Å²) in [4.78, 5) is 15.0. The van der Waals surface area contributed by atoms with E-state index in [0.717, 1.165) is 12.8 Å². The van der Waals surface area contributed by atoms with Gasteiger partial charge in [0, 0.05) is 6.42 Å². The van der Waals surface area contributed by atoms with Gasteiger partial charge in [-0.1, -0.05) is 6.92 Å². The maximum absolute atomic E-state index is 12.5. The second kappa shape index (κ2) is 6.96. The molecule has 0 saturated carbocycles. The summed E-state index contributed by atoms with van der Waals surface area (Å²) in [5.74, 6) is -0.195. The molecule has 1 atom stereocenters. The van der Waals surface area contributed by atoms with Gasteiger partial charge in [-0.2, -0.15) is 4.39 Å². The molecule has 1 rings (SSSR count). The van der Waals surface area contributed by atoms with E-state index in [2.05, 4.69) is 17.2 Å². The molecule has 0 aliphatic heterocycles. The molecular weight excluding hydrogens is 221 g/mol. The number of nitrogens with two attached hydrogens (primary N) is 1. The van der Waals surface area contributed by atoms with E-state index < -0.39 is 5.95 Å². The molecule has 1 aromatic rings. The van der Waals surface area contributed by atoms with Crippen LogP contribution < -0.4 is 11.1 Å². The van der Waals surface area contributed by atoms with Crippen LogP contribution in [0.3, 0.4) is 0 Å². The Balaban J connectivity index is 2.32. The summed E-state index contributed by atoms with van der Waals surface area (Å²) in [7, 11) is 0. The number of hydrogen-bond donors (Lipinski definition) is 2. The molecule has 4 nitrogen and oxygen atoms in total. The molecule has 17 heavy (non-hydrogen) atoms. The molecule has 0 radical (unpaired) electrons. The normalized spacial score (nSPS) is 12.2.